The molecule has 4 nitrogen and oxygen atoms in total. The summed E-state index contributed by atoms with van der Waals surface area (Å²) in [6.07, 6.45) is 0. The molecule has 0 saturated heterocycles. The fourth-order valence-corrected chi connectivity index (χ4v) is 1.95. The molecule has 0 aliphatic rings. The van der Waals surface area contributed by atoms with Crippen molar-refractivity contribution in [1.82, 2.24) is 4.90 Å². The van der Waals surface area contributed by atoms with Gasteiger partial charge in [-0.1, -0.05) is 6.07 Å². The number of nitrogen functional groups attached to an aromatic ring is 1. The molecule has 0 aliphatic carbocycles. The molecule has 1 amide bonds. The maximum atomic E-state index is 12.2. The predicted molar refractivity (Wildman–Crippen MR) is 84.9 cm³/mol. The van der Waals surface area contributed by atoms with Crippen molar-refractivity contribution in [2.75, 3.05) is 19.8 Å². The van der Waals surface area contributed by atoms with Gasteiger partial charge < -0.3 is 15.4 Å². The molecule has 2 N–H and O–H groups in total. The Balaban J connectivity index is 2.40. The molecule has 0 spiro atoms. The second kappa shape index (κ2) is 5.87. The van der Waals surface area contributed by atoms with Gasteiger partial charge >= 0.3 is 0 Å². The molecule has 0 saturated carbocycles. The lowest BCUT2D eigenvalue weighted by molar-refractivity contribution is 0.0825. The molecular formula is C17H20N2O2. The fraction of sp³-hybridized carbons (Fsp3) is 0.235. The van der Waals surface area contributed by atoms with Crippen LogP contribution in [0.25, 0.3) is 0 Å². The topological polar surface area (TPSA) is 55.6 Å². The molecule has 0 heterocycles. The van der Waals surface area contributed by atoms with Gasteiger partial charge in [0.2, 0.25) is 0 Å². The second-order valence-corrected chi connectivity index (χ2v) is 5.30. The van der Waals surface area contributed by atoms with Crippen LogP contribution in [0.1, 0.15) is 21.5 Å². The summed E-state index contributed by atoms with van der Waals surface area (Å²) in [5, 5.41) is 0. The van der Waals surface area contributed by atoms with Crippen LogP contribution in [0.3, 0.4) is 0 Å². The molecule has 110 valence electrons. The van der Waals surface area contributed by atoms with E-state index in [0.717, 1.165) is 5.56 Å². The van der Waals surface area contributed by atoms with E-state index in [-0.39, 0.29) is 5.91 Å². The normalized spacial score (nSPS) is 10.3. The number of amides is 1. The van der Waals surface area contributed by atoms with Crippen molar-refractivity contribution in [3.8, 4) is 11.5 Å². The Hall–Kier alpha value is -2.49. The molecule has 21 heavy (non-hydrogen) atoms. The number of anilines is 1. The van der Waals surface area contributed by atoms with Crippen LogP contribution in [0.2, 0.25) is 0 Å². The average molecular weight is 284 g/mol. The molecule has 0 unspecified atom stereocenters. The first-order chi connectivity index (χ1) is 9.88. The minimum atomic E-state index is -0.117. The fourth-order valence-electron chi connectivity index (χ4n) is 1.95. The molecule has 4 heteroatoms. The van der Waals surface area contributed by atoms with Gasteiger partial charge in [0.25, 0.3) is 5.91 Å². The van der Waals surface area contributed by atoms with E-state index >= 15 is 0 Å². The number of aryl methyl sites for hydroxylation is 2. The molecule has 0 atom stereocenters. The molecule has 0 fully saturated rings. The summed E-state index contributed by atoms with van der Waals surface area (Å²) in [4.78, 5) is 13.7. The van der Waals surface area contributed by atoms with Crippen molar-refractivity contribution >= 4 is 11.6 Å². The minimum absolute atomic E-state index is 0.117. The van der Waals surface area contributed by atoms with Gasteiger partial charge in [-0.3, -0.25) is 4.79 Å². The SMILES string of the molecule is Cc1ccc(Oc2cc(N)ccc2C(=O)N(C)C)cc1C. The smallest absolute Gasteiger partial charge is 0.257 e. The number of nitrogens with zero attached hydrogens (tertiary/aromatic N) is 1. The standard InChI is InChI=1S/C17H20N2O2/c1-11-5-7-14(9-12(11)2)21-16-10-13(18)6-8-15(16)17(20)19(3)4/h5-10H,18H2,1-4H3. The zero-order chi connectivity index (χ0) is 15.6. The Labute approximate surface area is 125 Å². The van der Waals surface area contributed by atoms with Crippen LogP contribution in [0.4, 0.5) is 5.69 Å². The van der Waals surface area contributed by atoms with Crippen LogP contribution in [-0.4, -0.2) is 24.9 Å². The van der Waals surface area contributed by atoms with E-state index in [1.54, 1.807) is 32.3 Å². The molecule has 0 radical (unpaired) electrons. The highest BCUT2D eigenvalue weighted by Gasteiger charge is 2.15. The molecule has 2 aromatic rings. The van der Waals surface area contributed by atoms with Crippen LogP contribution in [0, 0.1) is 13.8 Å². The first kappa shape index (κ1) is 14.9. The predicted octanol–water partition coefficient (Wildman–Crippen LogP) is 3.38. The van der Waals surface area contributed by atoms with Gasteiger partial charge in [-0.2, -0.15) is 0 Å². The summed E-state index contributed by atoms with van der Waals surface area (Å²) >= 11 is 0. The molecular weight excluding hydrogens is 264 g/mol. The van der Waals surface area contributed by atoms with E-state index in [9.17, 15) is 4.79 Å². The van der Waals surface area contributed by atoms with Crippen LogP contribution in [0.15, 0.2) is 36.4 Å². The third kappa shape index (κ3) is 3.34. The van der Waals surface area contributed by atoms with E-state index < -0.39 is 0 Å². The molecule has 2 rings (SSSR count). The van der Waals surface area contributed by atoms with E-state index in [0.29, 0.717) is 22.7 Å². The largest absolute Gasteiger partial charge is 0.456 e. The molecule has 0 aromatic heterocycles. The van der Waals surface area contributed by atoms with Crippen molar-refractivity contribution in [1.29, 1.82) is 0 Å². The Morgan fingerprint density at radius 1 is 1.05 bits per heavy atom. The van der Waals surface area contributed by atoms with Crippen molar-refractivity contribution in [2.45, 2.75) is 13.8 Å². The molecule has 2 aromatic carbocycles. The van der Waals surface area contributed by atoms with Gasteiger partial charge in [0.05, 0.1) is 5.56 Å². The number of rotatable bonds is 3. The Morgan fingerprint density at radius 2 is 1.76 bits per heavy atom. The highest BCUT2D eigenvalue weighted by atomic mass is 16.5. The van der Waals surface area contributed by atoms with Crippen molar-refractivity contribution in [3.05, 3.63) is 53.1 Å². The summed E-state index contributed by atoms with van der Waals surface area (Å²) in [5.74, 6) is 1.04. The van der Waals surface area contributed by atoms with Crippen molar-refractivity contribution in [2.24, 2.45) is 0 Å². The van der Waals surface area contributed by atoms with Gasteiger partial charge in [-0.25, -0.2) is 0 Å². The lowest BCUT2D eigenvalue weighted by Crippen LogP contribution is -2.22. The van der Waals surface area contributed by atoms with Crippen molar-refractivity contribution in [3.63, 3.8) is 0 Å². The Bertz CT molecular complexity index is 678. The summed E-state index contributed by atoms with van der Waals surface area (Å²) in [6.45, 7) is 4.06. The first-order valence-electron chi connectivity index (χ1n) is 6.75. The minimum Gasteiger partial charge on any atom is -0.456 e. The number of nitrogens with two attached hydrogens (primary N) is 1. The number of benzene rings is 2. The number of hydrogen-bond acceptors (Lipinski definition) is 3. The average Bonchev–Trinajstić information content (AvgIpc) is 2.42. The van der Waals surface area contributed by atoms with E-state index in [4.69, 9.17) is 10.5 Å². The highest BCUT2D eigenvalue weighted by Crippen LogP contribution is 2.29. The summed E-state index contributed by atoms with van der Waals surface area (Å²) in [7, 11) is 3.41. The number of carbonyl (C=O) groups excluding carboxylic acids is 1. The van der Waals surface area contributed by atoms with Gasteiger partial charge in [0.15, 0.2) is 0 Å². The quantitative estimate of drug-likeness (QED) is 0.879. The number of ether oxygens (including phenoxy) is 1. The lowest BCUT2D eigenvalue weighted by atomic mass is 10.1. The second-order valence-electron chi connectivity index (χ2n) is 5.30. The lowest BCUT2D eigenvalue weighted by Gasteiger charge is -2.15. The van der Waals surface area contributed by atoms with Gasteiger partial charge in [-0.15, -0.1) is 0 Å². The zero-order valence-electron chi connectivity index (χ0n) is 12.8. The van der Waals surface area contributed by atoms with Gasteiger partial charge in [0.1, 0.15) is 11.5 Å². The van der Waals surface area contributed by atoms with Crippen LogP contribution < -0.4 is 10.5 Å². The highest BCUT2D eigenvalue weighted by molar-refractivity contribution is 5.97. The van der Waals surface area contributed by atoms with E-state index in [1.807, 2.05) is 32.0 Å². The van der Waals surface area contributed by atoms with Crippen LogP contribution in [-0.2, 0) is 0 Å². The summed E-state index contributed by atoms with van der Waals surface area (Å²) < 4.78 is 5.87. The maximum Gasteiger partial charge on any atom is 0.257 e. The first-order valence-corrected chi connectivity index (χ1v) is 6.75. The van der Waals surface area contributed by atoms with Crippen LogP contribution in [0.5, 0.6) is 11.5 Å². The third-order valence-electron chi connectivity index (χ3n) is 3.35. The summed E-state index contributed by atoms with van der Waals surface area (Å²) in [6, 6.07) is 10.9. The van der Waals surface area contributed by atoms with Crippen LogP contribution >= 0.6 is 0 Å². The van der Waals surface area contributed by atoms with E-state index in [1.165, 1.54) is 10.5 Å². The monoisotopic (exact) mass is 284 g/mol. The molecule has 0 bridgehead atoms. The van der Waals surface area contributed by atoms with E-state index in [2.05, 4.69) is 0 Å². The number of carbonyl (C=O) groups is 1. The zero-order valence-corrected chi connectivity index (χ0v) is 12.8. The molecule has 0 aliphatic heterocycles. The van der Waals surface area contributed by atoms with Gasteiger partial charge in [-0.05, 0) is 49.2 Å². The third-order valence-corrected chi connectivity index (χ3v) is 3.35. The Kier molecular flexibility index (Phi) is 4.17. The van der Waals surface area contributed by atoms with Gasteiger partial charge in [0, 0.05) is 25.8 Å². The summed E-state index contributed by atoms with van der Waals surface area (Å²) in [5.41, 5.74) is 9.19. The number of hydrogen-bond donors (Lipinski definition) is 1. The Morgan fingerprint density at radius 3 is 2.38 bits per heavy atom. The van der Waals surface area contributed by atoms with Crippen molar-refractivity contribution < 1.29 is 9.53 Å². The maximum absolute atomic E-state index is 12.2.